The molecule has 0 aliphatic carbocycles. The van der Waals surface area contributed by atoms with Gasteiger partial charge in [-0.05, 0) is 24.6 Å². The predicted molar refractivity (Wildman–Crippen MR) is 135 cm³/mol. The molecular weight excluding hydrogens is 526 g/mol. The third kappa shape index (κ3) is 5.57. The van der Waals surface area contributed by atoms with Crippen molar-refractivity contribution in [2.45, 2.75) is 37.9 Å². The molecule has 1 unspecified atom stereocenters. The van der Waals surface area contributed by atoms with E-state index in [4.69, 9.17) is 4.74 Å². The van der Waals surface area contributed by atoms with Gasteiger partial charge in [0.25, 0.3) is 5.69 Å². The number of nitrogens with one attached hydrogen (secondary N) is 2. The highest BCUT2D eigenvalue weighted by atomic mass is 32.2. The fourth-order valence-corrected chi connectivity index (χ4v) is 6.44. The highest BCUT2D eigenvalue weighted by Crippen LogP contribution is 2.51. The van der Waals surface area contributed by atoms with Crippen molar-refractivity contribution in [2.75, 3.05) is 19.3 Å². The number of benzene rings is 1. The fraction of sp³-hybridized carbons (Fsp3) is 0.500. The summed E-state index contributed by atoms with van der Waals surface area (Å²) >= 11 is 1.36. The summed E-state index contributed by atoms with van der Waals surface area (Å²) in [6.07, 6.45) is 0.140. The van der Waals surface area contributed by atoms with E-state index >= 15 is 0 Å². The number of ether oxygens (including phenoxy) is 1. The standard InChI is InChI=1S/C22H27N5O8S2/c1-11-17-16(12(2)28)20(29)26(17)18(21(30)35-10-13-4-6-14(7-5-13)27(31)32)19(11)36-15-8-23-22(24-9-15)25-37(3,33)34/h4-7,11-12,15-17,28H,8-10H2,1-3H3,(H2,23,24,25)/t11-,12-,16-,17-/m1/s1. The number of nitro benzene ring substituents is 1. The smallest absolute Gasteiger partial charge is 0.356 e. The topological polar surface area (TPSA) is 181 Å². The van der Waals surface area contributed by atoms with E-state index in [0.29, 0.717) is 17.0 Å². The summed E-state index contributed by atoms with van der Waals surface area (Å²) in [4.78, 5) is 42.7. The number of aliphatic imine (C=N–C) groups is 1. The van der Waals surface area contributed by atoms with Gasteiger partial charge in [0, 0.05) is 34.8 Å². The maximum atomic E-state index is 13.2. The minimum atomic E-state index is -3.48. The van der Waals surface area contributed by atoms with Crippen LogP contribution in [0.3, 0.4) is 0 Å². The molecule has 200 valence electrons. The lowest BCUT2D eigenvalue weighted by Gasteiger charge is -2.46. The second-order valence-corrected chi connectivity index (χ2v) is 12.2. The number of nitrogens with zero attached hydrogens (tertiary/aromatic N) is 3. The zero-order valence-electron chi connectivity index (χ0n) is 20.3. The van der Waals surface area contributed by atoms with Gasteiger partial charge in [0.05, 0.1) is 35.8 Å². The van der Waals surface area contributed by atoms with Crippen molar-refractivity contribution in [3.05, 3.63) is 50.5 Å². The molecule has 5 atom stereocenters. The van der Waals surface area contributed by atoms with Crippen molar-refractivity contribution in [3.8, 4) is 0 Å². The average Bonchev–Trinajstić information content (AvgIpc) is 3.06. The molecule has 37 heavy (non-hydrogen) atoms. The van der Waals surface area contributed by atoms with Gasteiger partial charge in [-0.15, -0.1) is 11.8 Å². The minimum Gasteiger partial charge on any atom is -0.456 e. The summed E-state index contributed by atoms with van der Waals surface area (Å²) in [5.74, 6) is -1.81. The van der Waals surface area contributed by atoms with Gasteiger partial charge >= 0.3 is 5.97 Å². The van der Waals surface area contributed by atoms with Crippen LogP contribution in [0.25, 0.3) is 0 Å². The van der Waals surface area contributed by atoms with Crippen LogP contribution in [0, 0.1) is 22.0 Å². The number of esters is 1. The molecule has 13 nitrogen and oxygen atoms in total. The second-order valence-electron chi connectivity index (χ2n) is 9.15. The Labute approximate surface area is 217 Å². The number of amides is 1. The summed E-state index contributed by atoms with van der Waals surface area (Å²) in [5, 5.41) is 23.8. The van der Waals surface area contributed by atoms with Crippen LogP contribution in [0.15, 0.2) is 39.9 Å². The van der Waals surface area contributed by atoms with Gasteiger partial charge in [0.2, 0.25) is 21.9 Å². The second kappa shape index (κ2) is 10.3. The molecule has 0 saturated carbocycles. The quantitative estimate of drug-likeness (QED) is 0.175. The number of hydrogen-bond donors (Lipinski definition) is 3. The van der Waals surface area contributed by atoms with Crippen LogP contribution in [0.2, 0.25) is 0 Å². The Morgan fingerprint density at radius 3 is 2.62 bits per heavy atom. The number of β-lactam (4-membered cyclic amide) rings is 1. The van der Waals surface area contributed by atoms with Gasteiger partial charge in [-0.1, -0.05) is 6.92 Å². The summed E-state index contributed by atoms with van der Waals surface area (Å²) < 4.78 is 30.7. The van der Waals surface area contributed by atoms with Crippen LogP contribution in [-0.2, 0) is 31.0 Å². The molecule has 0 aromatic heterocycles. The van der Waals surface area contributed by atoms with Gasteiger partial charge in [-0.3, -0.25) is 24.6 Å². The fourth-order valence-electron chi connectivity index (χ4n) is 4.63. The van der Waals surface area contributed by atoms with E-state index in [1.165, 1.54) is 40.9 Å². The zero-order chi connectivity index (χ0) is 27.1. The number of hydrogen-bond acceptors (Lipinski definition) is 11. The lowest BCUT2D eigenvalue weighted by atomic mass is 9.79. The number of carbonyl (C=O) groups excluding carboxylic acids is 2. The maximum absolute atomic E-state index is 13.2. The number of non-ortho nitro benzene ring substituents is 1. The first-order chi connectivity index (χ1) is 17.4. The van der Waals surface area contributed by atoms with E-state index < -0.39 is 32.9 Å². The van der Waals surface area contributed by atoms with E-state index in [2.05, 4.69) is 15.0 Å². The normalized spacial score (nSPS) is 26.0. The third-order valence-corrected chi connectivity index (χ3v) is 8.38. The van der Waals surface area contributed by atoms with Gasteiger partial charge in [0.15, 0.2) is 0 Å². The Hall–Kier alpha value is -3.17. The van der Waals surface area contributed by atoms with Crippen molar-refractivity contribution in [1.29, 1.82) is 0 Å². The molecule has 3 aliphatic heterocycles. The molecule has 3 heterocycles. The molecular formula is C22H27N5O8S2. The molecule has 1 fully saturated rings. The Kier molecular flexibility index (Phi) is 7.48. The molecule has 0 radical (unpaired) electrons. The summed E-state index contributed by atoms with van der Waals surface area (Å²) in [7, 11) is -3.48. The summed E-state index contributed by atoms with van der Waals surface area (Å²) in [6.45, 7) is 3.92. The van der Waals surface area contributed by atoms with Gasteiger partial charge in [-0.25, -0.2) is 13.2 Å². The Morgan fingerprint density at radius 2 is 2.08 bits per heavy atom. The van der Waals surface area contributed by atoms with Crippen molar-refractivity contribution < 1.29 is 32.8 Å². The Balaban J connectivity index is 1.53. The molecule has 3 N–H and O–H groups in total. The van der Waals surface area contributed by atoms with Crippen LogP contribution >= 0.6 is 11.8 Å². The molecule has 0 bridgehead atoms. The molecule has 1 saturated heterocycles. The number of guanidine groups is 1. The van der Waals surface area contributed by atoms with E-state index in [1.807, 2.05) is 6.92 Å². The monoisotopic (exact) mass is 553 g/mol. The number of sulfonamides is 1. The summed E-state index contributed by atoms with van der Waals surface area (Å²) in [6, 6.07) is 5.21. The van der Waals surface area contributed by atoms with Crippen molar-refractivity contribution in [2.24, 2.45) is 16.8 Å². The van der Waals surface area contributed by atoms with Crippen molar-refractivity contribution >= 4 is 45.3 Å². The third-order valence-electron chi connectivity index (χ3n) is 6.34. The van der Waals surface area contributed by atoms with Crippen LogP contribution in [-0.4, -0.2) is 77.9 Å². The van der Waals surface area contributed by atoms with Gasteiger partial charge in [0.1, 0.15) is 12.3 Å². The van der Waals surface area contributed by atoms with Gasteiger partial charge in [-0.2, -0.15) is 0 Å². The largest absolute Gasteiger partial charge is 0.456 e. The highest BCUT2D eigenvalue weighted by molar-refractivity contribution is 8.03. The highest BCUT2D eigenvalue weighted by Gasteiger charge is 2.60. The summed E-state index contributed by atoms with van der Waals surface area (Å²) in [5.41, 5.74) is 0.582. The molecule has 4 rings (SSSR count). The minimum absolute atomic E-state index is 0.0853. The van der Waals surface area contributed by atoms with E-state index in [9.17, 15) is 33.2 Å². The maximum Gasteiger partial charge on any atom is 0.356 e. The first-order valence-corrected chi connectivity index (χ1v) is 14.2. The molecule has 1 aromatic rings. The average molecular weight is 554 g/mol. The number of nitro groups is 1. The lowest BCUT2D eigenvalue weighted by molar-refractivity contribution is -0.384. The molecule has 1 amide bonds. The number of carbonyl (C=O) groups is 2. The van der Waals surface area contributed by atoms with Crippen molar-refractivity contribution in [3.63, 3.8) is 0 Å². The Bertz CT molecular complexity index is 1280. The van der Waals surface area contributed by atoms with E-state index in [-0.39, 0.29) is 53.6 Å². The Morgan fingerprint density at radius 1 is 1.41 bits per heavy atom. The van der Waals surface area contributed by atoms with Gasteiger partial charge < -0.3 is 20.1 Å². The number of rotatable bonds is 8. The predicted octanol–water partition coefficient (Wildman–Crippen LogP) is 0.317. The van der Waals surface area contributed by atoms with Crippen LogP contribution < -0.4 is 10.0 Å². The SMILES string of the molecule is C[C@@H](O)[C@H]1C(=O)N2C(C(=O)OCc3ccc([N+](=O)[O-])cc3)=C(SC3CN=C(NS(C)(=O)=O)NC3)[C@H](C)[C@H]12. The van der Waals surface area contributed by atoms with Crippen LogP contribution in [0.4, 0.5) is 5.69 Å². The lowest BCUT2D eigenvalue weighted by Crippen LogP contribution is -2.63. The molecule has 0 spiro atoms. The molecule has 15 heteroatoms. The number of thioether (sulfide) groups is 1. The van der Waals surface area contributed by atoms with E-state index in [0.717, 1.165) is 6.26 Å². The van der Waals surface area contributed by atoms with E-state index in [1.54, 1.807) is 6.92 Å². The van der Waals surface area contributed by atoms with Crippen molar-refractivity contribution in [1.82, 2.24) is 14.9 Å². The first kappa shape index (κ1) is 26.9. The molecule has 3 aliphatic rings. The van der Waals surface area contributed by atoms with Crippen LogP contribution in [0.1, 0.15) is 19.4 Å². The first-order valence-electron chi connectivity index (χ1n) is 11.5. The number of aliphatic hydroxyl groups is 1. The number of fused-ring (bicyclic) bond motifs is 1. The number of aliphatic hydroxyl groups excluding tert-OH is 1. The zero-order valence-corrected chi connectivity index (χ0v) is 21.9. The van der Waals surface area contributed by atoms with Crippen LogP contribution in [0.5, 0.6) is 0 Å². The molecule has 1 aromatic carbocycles.